The Labute approximate surface area is 153 Å². The Hall–Kier alpha value is -3.00. The van der Waals surface area contributed by atoms with Gasteiger partial charge in [-0.05, 0) is 31.2 Å². The van der Waals surface area contributed by atoms with Gasteiger partial charge in [0, 0.05) is 0 Å². The molecule has 0 unspecified atom stereocenters. The fraction of sp³-hybridized carbons (Fsp3) is 0.111. The van der Waals surface area contributed by atoms with E-state index in [4.69, 9.17) is 0 Å². The second kappa shape index (κ2) is 7.92. The van der Waals surface area contributed by atoms with Crippen LogP contribution in [0, 0.1) is 12.7 Å². The Balaban J connectivity index is 1.58. The standard InChI is InChI=1S/C18H15FN4O2S/c1-11-17(21-15-9-5-4-8-14(15)20-11)26-10-16(24)23-18(25)22-13-7-3-2-6-12(13)19/h2-9H,10H2,1H3,(H2,22,23,24,25). The van der Waals surface area contributed by atoms with Crippen molar-refractivity contribution in [1.29, 1.82) is 0 Å². The van der Waals surface area contributed by atoms with Crippen LogP contribution in [0.2, 0.25) is 0 Å². The van der Waals surface area contributed by atoms with Crippen LogP contribution in [0.1, 0.15) is 5.69 Å². The van der Waals surface area contributed by atoms with E-state index in [2.05, 4.69) is 20.6 Å². The lowest BCUT2D eigenvalue weighted by atomic mass is 10.3. The zero-order valence-corrected chi connectivity index (χ0v) is 14.6. The summed E-state index contributed by atoms with van der Waals surface area (Å²) < 4.78 is 13.5. The van der Waals surface area contributed by atoms with E-state index in [9.17, 15) is 14.0 Å². The van der Waals surface area contributed by atoms with Crippen molar-refractivity contribution in [2.24, 2.45) is 0 Å². The maximum atomic E-state index is 13.5. The number of carbonyl (C=O) groups excluding carboxylic acids is 2. The number of anilines is 1. The summed E-state index contributed by atoms with van der Waals surface area (Å²) in [4.78, 5) is 32.6. The van der Waals surface area contributed by atoms with Crippen LogP contribution >= 0.6 is 11.8 Å². The van der Waals surface area contributed by atoms with Gasteiger partial charge in [0.2, 0.25) is 5.91 Å². The van der Waals surface area contributed by atoms with Gasteiger partial charge in [-0.15, -0.1) is 0 Å². The number of nitrogens with zero attached hydrogens (tertiary/aromatic N) is 2. The van der Waals surface area contributed by atoms with Crippen molar-refractivity contribution in [2.75, 3.05) is 11.1 Å². The molecule has 3 rings (SSSR count). The number of rotatable bonds is 4. The number of halogens is 1. The van der Waals surface area contributed by atoms with Crippen molar-refractivity contribution in [3.63, 3.8) is 0 Å². The molecule has 0 aliphatic carbocycles. The predicted molar refractivity (Wildman–Crippen MR) is 98.6 cm³/mol. The highest BCUT2D eigenvalue weighted by atomic mass is 32.2. The third-order valence-corrected chi connectivity index (χ3v) is 4.48. The first-order valence-electron chi connectivity index (χ1n) is 7.74. The number of imide groups is 1. The van der Waals surface area contributed by atoms with Crippen LogP contribution in [0.5, 0.6) is 0 Å². The second-order valence-electron chi connectivity index (χ2n) is 5.37. The molecule has 0 aliphatic rings. The number of carbonyl (C=O) groups is 2. The lowest BCUT2D eigenvalue weighted by molar-refractivity contribution is -0.117. The number of benzene rings is 2. The number of fused-ring (bicyclic) bond motifs is 1. The Morgan fingerprint density at radius 2 is 1.69 bits per heavy atom. The molecular formula is C18H15FN4O2S. The molecule has 132 valence electrons. The minimum atomic E-state index is -0.790. The largest absolute Gasteiger partial charge is 0.325 e. The average Bonchev–Trinajstić information content (AvgIpc) is 2.62. The first kappa shape index (κ1) is 17.8. The number of amides is 3. The SMILES string of the molecule is Cc1nc2ccccc2nc1SCC(=O)NC(=O)Nc1ccccc1F. The van der Waals surface area contributed by atoms with Crippen molar-refractivity contribution in [3.05, 3.63) is 60.0 Å². The molecule has 0 saturated carbocycles. The Morgan fingerprint density at radius 1 is 1.04 bits per heavy atom. The molecule has 0 spiro atoms. The summed E-state index contributed by atoms with van der Waals surface area (Å²) in [6.45, 7) is 1.81. The molecule has 0 aliphatic heterocycles. The van der Waals surface area contributed by atoms with Gasteiger partial charge in [0.25, 0.3) is 0 Å². The number of hydrogen-bond donors (Lipinski definition) is 2. The third kappa shape index (κ3) is 4.34. The highest BCUT2D eigenvalue weighted by Gasteiger charge is 2.12. The summed E-state index contributed by atoms with van der Waals surface area (Å²) in [6, 6.07) is 12.4. The van der Waals surface area contributed by atoms with Crippen molar-refractivity contribution < 1.29 is 14.0 Å². The first-order chi connectivity index (χ1) is 12.5. The number of hydrogen-bond acceptors (Lipinski definition) is 5. The Bertz CT molecular complexity index is 980. The number of urea groups is 1. The number of aromatic nitrogens is 2. The van der Waals surface area contributed by atoms with Gasteiger partial charge in [-0.1, -0.05) is 36.0 Å². The minimum Gasteiger partial charge on any atom is -0.305 e. The highest BCUT2D eigenvalue weighted by molar-refractivity contribution is 7.99. The third-order valence-electron chi connectivity index (χ3n) is 3.42. The van der Waals surface area contributed by atoms with Crippen LogP contribution in [0.25, 0.3) is 11.0 Å². The highest BCUT2D eigenvalue weighted by Crippen LogP contribution is 2.21. The van der Waals surface area contributed by atoms with E-state index < -0.39 is 17.8 Å². The fourth-order valence-corrected chi connectivity index (χ4v) is 2.98. The maximum Gasteiger partial charge on any atom is 0.325 e. The van der Waals surface area contributed by atoms with Gasteiger partial charge in [-0.3, -0.25) is 10.1 Å². The van der Waals surface area contributed by atoms with Crippen LogP contribution < -0.4 is 10.6 Å². The lowest BCUT2D eigenvalue weighted by Crippen LogP contribution is -2.35. The molecule has 8 heteroatoms. The summed E-state index contributed by atoms with van der Waals surface area (Å²) in [6.07, 6.45) is 0. The number of aryl methyl sites for hydroxylation is 1. The molecule has 0 fully saturated rings. The molecule has 0 atom stereocenters. The molecule has 26 heavy (non-hydrogen) atoms. The molecule has 3 aromatic rings. The zero-order valence-electron chi connectivity index (χ0n) is 13.8. The first-order valence-corrected chi connectivity index (χ1v) is 8.73. The van der Waals surface area contributed by atoms with Crippen LogP contribution in [-0.4, -0.2) is 27.7 Å². The fourth-order valence-electron chi connectivity index (χ4n) is 2.22. The van der Waals surface area contributed by atoms with E-state index in [1.807, 2.05) is 31.2 Å². The quantitative estimate of drug-likeness (QED) is 0.687. The average molecular weight is 370 g/mol. The lowest BCUT2D eigenvalue weighted by Gasteiger charge is -2.08. The van der Waals surface area contributed by atoms with Gasteiger partial charge in [-0.25, -0.2) is 19.2 Å². The summed E-state index contributed by atoms with van der Waals surface area (Å²) >= 11 is 1.18. The van der Waals surface area contributed by atoms with Gasteiger partial charge < -0.3 is 5.32 Å². The van der Waals surface area contributed by atoms with E-state index in [-0.39, 0.29) is 11.4 Å². The molecule has 0 bridgehead atoms. The summed E-state index contributed by atoms with van der Waals surface area (Å²) in [7, 11) is 0. The minimum absolute atomic E-state index is 0.00157. The van der Waals surface area contributed by atoms with Gasteiger partial charge >= 0.3 is 6.03 Å². The molecular weight excluding hydrogens is 355 g/mol. The van der Waals surface area contributed by atoms with Crippen molar-refractivity contribution in [3.8, 4) is 0 Å². The van der Waals surface area contributed by atoms with E-state index in [1.165, 1.54) is 30.0 Å². The summed E-state index contributed by atoms with van der Waals surface area (Å²) in [5, 5.41) is 5.07. The van der Waals surface area contributed by atoms with E-state index in [0.29, 0.717) is 10.7 Å². The maximum absolute atomic E-state index is 13.5. The Morgan fingerprint density at radius 3 is 2.42 bits per heavy atom. The van der Waals surface area contributed by atoms with E-state index in [1.54, 1.807) is 6.07 Å². The van der Waals surface area contributed by atoms with Crippen LogP contribution in [0.15, 0.2) is 53.6 Å². The van der Waals surface area contributed by atoms with Crippen molar-refractivity contribution in [1.82, 2.24) is 15.3 Å². The van der Waals surface area contributed by atoms with Gasteiger partial charge in [0.1, 0.15) is 10.8 Å². The van der Waals surface area contributed by atoms with Crippen LogP contribution in [0.4, 0.5) is 14.9 Å². The van der Waals surface area contributed by atoms with Gasteiger partial charge in [0.15, 0.2) is 0 Å². The molecule has 1 heterocycles. The number of nitrogens with one attached hydrogen (secondary N) is 2. The normalized spacial score (nSPS) is 10.5. The zero-order chi connectivity index (χ0) is 18.5. The summed E-state index contributed by atoms with van der Waals surface area (Å²) in [5.74, 6) is -1.11. The Kier molecular flexibility index (Phi) is 5.43. The van der Waals surface area contributed by atoms with Crippen LogP contribution in [-0.2, 0) is 4.79 Å². The number of para-hydroxylation sites is 3. The second-order valence-corrected chi connectivity index (χ2v) is 6.34. The van der Waals surface area contributed by atoms with Crippen molar-refractivity contribution in [2.45, 2.75) is 11.9 Å². The van der Waals surface area contributed by atoms with Crippen LogP contribution in [0.3, 0.4) is 0 Å². The number of thioether (sulfide) groups is 1. The van der Waals surface area contributed by atoms with Gasteiger partial charge in [0.05, 0.1) is 28.2 Å². The van der Waals surface area contributed by atoms with E-state index >= 15 is 0 Å². The van der Waals surface area contributed by atoms with Gasteiger partial charge in [-0.2, -0.15) is 0 Å². The molecule has 3 amide bonds. The smallest absolute Gasteiger partial charge is 0.305 e. The molecule has 6 nitrogen and oxygen atoms in total. The van der Waals surface area contributed by atoms with E-state index in [0.717, 1.165) is 11.0 Å². The summed E-state index contributed by atoms with van der Waals surface area (Å²) in [5.41, 5.74) is 2.22. The predicted octanol–water partition coefficient (Wildman–Crippen LogP) is 3.52. The monoisotopic (exact) mass is 370 g/mol. The molecule has 2 N–H and O–H groups in total. The van der Waals surface area contributed by atoms with Crippen molar-refractivity contribution >= 4 is 40.4 Å². The molecule has 1 aromatic heterocycles. The molecule has 0 radical (unpaired) electrons. The molecule has 2 aromatic carbocycles. The molecule has 0 saturated heterocycles. The topological polar surface area (TPSA) is 84.0 Å².